The van der Waals surface area contributed by atoms with Crippen LogP contribution >= 0.6 is 28.1 Å². The van der Waals surface area contributed by atoms with E-state index in [1.807, 2.05) is 0 Å². The van der Waals surface area contributed by atoms with Gasteiger partial charge < -0.3 is 10.1 Å². The fraction of sp³-hybridized carbons (Fsp3) is 0.200. The molecule has 1 heterocycles. The number of methoxy groups -OCH3 is 1. The summed E-state index contributed by atoms with van der Waals surface area (Å²) in [5.74, 6) is -0.625. The standard InChI is InChI=1S/C20H19BrN4O4S/c1-24-19(28)16(11-17(26)22-14-4-3-5-15(10-14)29-2)25(20(24)30)23-18(27)12-6-8-13(21)9-7-12/h3-10,16H,11H2,1-2H3,(H,22,26)(H,23,27). The average Bonchev–Trinajstić information content (AvgIpc) is 2.92. The van der Waals surface area contributed by atoms with Crippen LogP contribution in [-0.4, -0.2) is 52.9 Å². The smallest absolute Gasteiger partial charge is 0.269 e. The van der Waals surface area contributed by atoms with Gasteiger partial charge in [0.1, 0.15) is 11.8 Å². The van der Waals surface area contributed by atoms with Crippen molar-refractivity contribution >= 4 is 56.7 Å². The fourth-order valence-electron chi connectivity index (χ4n) is 2.89. The predicted molar refractivity (Wildman–Crippen MR) is 119 cm³/mol. The van der Waals surface area contributed by atoms with E-state index < -0.39 is 17.9 Å². The normalized spacial score (nSPS) is 15.9. The van der Waals surface area contributed by atoms with Crippen molar-refractivity contribution in [3.05, 3.63) is 58.6 Å². The summed E-state index contributed by atoms with van der Waals surface area (Å²) in [6.07, 6.45) is -0.193. The Morgan fingerprint density at radius 1 is 1.20 bits per heavy atom. The van der Waals surface area contributed by atoms with Crippen molar-refractivity contribution in [1.82, 2.24) is 15.3 Å². The zero-order chi connectivity index (χ0) is 21.8. The monoisotopic (exact) mass is 490 g/mol. The van der Waals surface area contributed by atoms with Gasteiger partial charge in [0.15, 0.2) is 5.11 Å². The zero-order valence-corrected chi connectivity index (χ0v) is 18.6. The molecule has 8 nitrogen and oxygen atoms in total. The lowest BCUT2D eigenvalue weighted by Gasteiger charge is -2.24. The molecular weight excluding hydrogens is 472 g/mol. The molecule has 1 fully saturated rings. The predicted octanol–water partition coefficient (Wildman–Crippen LogP) is 2.56. The topological polar surface area (TPSA) is 91.0 Å². The molecule has 1 aliphatic rings. The summed E-state index contributed by atoms with van der Waals surface area (Å²) in [6, 6.07) is 12.6. The maximum absolute atomic E-state index is 12.6. The Bertz CT molecular complexity index is 999. The van der Waals surface area contributed by atoms with Crippen LogP contribution in [0.1, 0.15) is 16.8 Å². The second kappa shape index (κ2) is 9.23. The lowest BCUT2D eigenvalue weighted by atomic mass is 10.2. The summed E-state index contributed by atoms with van der Waals surface area (Å²) in [6.45, 7) is 0. The van der Waals surface area contributed by atoms with Crippen LogP contribution in [0.3, 0.4) is 0 Å². The molecule has 0 spiro atoms. The molecule has 2 N–H and O–H groups in total. The summed E-state index contributed by atoms with van der Waals surface area (Å²) in [7, 11) is 3.03. The molecule has 3 amide bonds. The number of benzene rings is 2. The second-order valence-electron chi connectivity index (χ2n) is 6.50. The van der Waals surface area contributed by atoms with E-state index in [0.717, 1.165) is 4.47 Å². The van der Waals surface area contributed by atoms with Gasteiger partial charge in [-0.2, -0.15) is 0 Å². The summed E-state index contributed by atoms with van der Waals surface area (Å²) in [5.41, 5.74) is 3.56. The number of ether oxygens (including phenoxy) is 1. The number of halogens is 1. The maximum Gasteiger partial charge on any atom is 0.269 e. The van der Waals surface area contributed by atoms with E-state index in [2.05, 4.69) is 26.7 Å². The van der Waals surface area contributed by atoms with Gasteiger partial charge in [-0.3, -0.25) is 24.7 Å². The number of thiocarbonyl (C=S) groups is 1. The van der Waals surface area contributed by atoms with Crippen molar-refractivity contribution < 1.29 is 19.1 Å². The number of nitrogens with one attached hydrogen (secondary N) is 2. The Balaban J connectivity index is 1.72. The van der Waals surface area contributed by atoms with Crippen molar-refractivity contribution in [3.8, 4) is 5.75 Å². The number of carbonyl (C=O) groups is 3. The number of carbonyl (C=O) groups excluding carboxylic acids is 3. The summed E-state index contributed by atoms with van der Waals surface area (Å²) in [5, 5.41) is 4.10. The van der Waals surface area contributed by atoms with Crippen LogP contribution in [-0.2, 0) is 9.59 Å². The molecule has 2 aromatic carbocycles. The first-order chi connectivity index (χ1) is 14.3. The molecule has 1 aliphatic heterocycles. The van der Waals surface area contributed by atoms with E-state index in [9.17, 15) is 14.4 Å². The Morgan fingerprint density at radius 3 is 2.57 bits per heavy atom. The molecule has 2 aromatic rings. The van der Waals surface area contributed by atoms with Crippen LogP contribution in [0, 0.1) is 0 Å². The number of anilines is 1. The Kier molecular flexibility index (Phi) is 6.68. The lowest BCUT2D eigenvalue weighted by Crippen LogP contribution is -2.49. The zero-order valence-electron chi connectivity index (χ0n) is 16.2. The summed E-state index contributed by atoms with van der Waals surface area (Å²) >= 11 is 8.60. The van der Waals surface area contributed by atoms with Gasteiger partial charge in [0.25, 0.3) is 11.8 Å². The SMILES string of the molecule is COc1cccc(NC(=O)CC2C(=O)N(C)C(=S)N2NC(=O)c2ccc(Br)cc2)c1. The van der Waals surface area contributed by atoms with Crippen molar-refractivity contribution in [3.63, 3.8) is 0 Å². The number of hydrazine groups is 1. The van der Waals surface area contributed by atoms with E-state index in [-0.39, 0.29) is 17.4 Å². The molecule has 0 radical (unpaired) electrons. The molecule has 30 heavy (non-hydrogen) atoms. The minimum atomic E-state index is -0.951. The molecule has 0 aliphatic carbocycles. The molecule has 1 unspecified atom stereocenters. The van der Waals surface area contributed by atoms with Crippen molar-refractivity contribution in [2.24, 2.45) is 0 Å². The van der Waals surface area contributed by atoms with Crippen LogP contribution in [0.4, 0.5) is 5.69 Å². The minimum absolute atomic E-state index is 0.115. The van der Waals surface area contributed by atoms with Gasteiger partial charge in [-0.25, -0.2) is 5.01 Å². The minimum Gasteiger partial charge on any atom is -0.497 e. The fourth-order valence-corrected chi connectivity index (χ4v) is 3.42. The summed E-state index contributed by atoms with van der Waals surface area (Å²) in [4.78, 5) is 39.0. The largest absolute Gasteiger partial charge is 0.497 e. The van der Waals surface area contributed by atoms with Crippen molar-refractivity contribution in [2.45, 2.75) is 12.5 Å². The van der Waals surface area contributed by atoms with E-state index in [1.165, 1.54) is 24.1 Å². The third-order valence-corrected chi connectivity index (χ3v) is 5.48. The molecule has 10 heteroatoms. The second-order valence-corrected chi connectivity index (χ2v) is 7.78. The molecule has 0 saturated carbocycles. The third kappa shape index (κ3) is 4.77. The highest BCUT2D eigenvalue weighted by Gasteiger charge is 2.42. The molecule has 0 aromatic heterocycles. The van der Waals surface area contributed by atoms with Gasteiger partial charge >= 0.3 is 0 Å². The van der Waals surface area contributed by atoms with Crippen LogP contribution < -0.4 is 15.5 Å². The number of nitrogens with zero attached hydrogens (tertiary/aromatic N) is 2. The highest BCUT2D eigenvalue weighted by Crippen LogP contribution is 2.21. The van der Waals surface area contributed by atoms with Crippen LogP contribution in [0.25, 0.3) is 0 Å². The van der Waals surface area contributed by atoms with Gasteiger partial charge in [-0.15, -0.1) is 0 Å². The van der Waals surface area contributed by atoms with Gasteiger partial charge in [-0.1, -0.05) is 22.0 Å². The number of rotatable bonds is 6. The first-order valence-electron chi connectivity index (χ1n) is 8.91. The van der Waals surface area contributed by atoms with Gasteiger partial charge in [0, 0.05) is 28.8 Å². The number of hydrogen-bond acceptors (Lipinski definition) is 5. The van der Waals surface area contributed by atoms with Crippen LogP contribution in [0.2, 0.25) is 0 Å². The van der Waals surface area contributed by atoms with Gasteiger partial charge in [0.2, 0.25) is 5.91 Å². The Hall–Kier alpha value is -2.98. The lowest BCUT2D eigenvalue weighted by molar-refractivity contribution is -0.130. The number of hydrogen-bond donors (Lipinski definition) is 2. The van der Waals surface area contributed by atoms with Crippen LogP contribution in [0.15, 0.2) is 53.0 Å². The van der Waals surface area contributed by atoms with E-state index in [4.69, 9.17) is 17.0 Å². The molecular formula is C20H19BrN4O4S. The molecule has 0 bridgehead atoms. The van der Waals surface area contributed by atoms with Gasteiger partial charge in [-0.05, 0) is 48.6 Å². The van der Waals surface area contributed by atoms with E-state index in [1.54, 1.807) is 48.5 Å². The Morgan fingerprint density at radius 2 is 1.90 bits per heavy atom. The van der Waals surface area contributed by atoms with E-state index >= 15 is 0 Å². The number of likely N-dealkylation sites (N-methyl/N-ethyl adjacent to an activating group) is 1. The van der Waals surface area contributed by atoms with Crippen LogP contribution in [0.5, 0.6) is 5.75 Å². The summed E-state index contributed by atoms with van der Waals surface area (Å²) < 4.78 is 5.97. The average molecular weight is 491 g/mol. The first kappa shape index (κ1) is 21.7. The van der Waals surface area contributed by atoms with Crippen molar-refractivity contribution in [2.75, 3.05) is 19.5 Å². The molecule has 3 rings (SSSR count). The molecule has 1 atom stereocenters. The molecule has 156 valence electrons. The quantitative estimate of drug-likeness (QED) is 0.604. The van der Waals surface area contributed by atoms with Crippen molar-refractivity contribution in [1.29, 1.82) is 0 Å². The van der Waals surface area contributed by atoms with E-state index in [0.29, 0.717) is 17.0 Å². The molecule has 1 saturated heterocycles. The third-order valence-electron chi connectivity index (χ3n) is 4.48. The van der Waals surface area contributed by atoms with Gasteiger partial charge in [0.05, 0.1) is 13.5 Å². The Labute approximate surface area is 187 Å². The first-order valence-corrected chi connectivity index (χ1v) is 10.1. The maximum atomic E-state index is 12.6. The highest BCUT2D eigenvalue weighted by atomic mass is 79.9. The highest BCUT2D eigenvalue weighted by molar-refractivity contribution is 9.10. The number of amides is 3.